The van der Waals surface area contributed by atoms with E-state index >= 15 is 0 Å². The molecule has 0 aromatic heterocycles. The van der Waals surface area contributed by atoms with Gasteiger partial charge in [0, 0.05) is 25.7 Å². The molecule has 4 nitrogen and oxygen atoms in total. The summed E-state index contributed by atoms with van der Waals surface area (Å²) in [5.74, 6) is -0.249. The molecule has 4 heteroatoms. The molecule has 3 N–H and O–H groups in total. The molecule has 1 saturated heterocycles. The van der Waals surface area contributed by atoms with E-state index in [0.717, 1.165) is 13.1 Å². The summed E-state index contributed by atoms with van der Waals surface area (Å²) in [6.45, 7) is 6.60. The van der Waals surface area contributed by atoms with Crippen molar-refractivity contribution in [1.82, 2.24) is 10.2 Å². The zero-order valence-electron chi connectivity index (χ0n) is 11.0. The molecule has 1 amide bonds. The molecule has 2 unspecified atom stereocenters. The average molecular weight is 247 g/mol. The lowest BCUT2D eigenvalue weighted by molar-refractivity contribution is -0.124. The number of hydrogen-bond acceptors (Lipinski definition) is 3. The van der Waals surface area contributed by atoms with Gasteiger partial charge in [0.2, 0.25) is 5.91 Å². The number of primary amides is 1. The summed E-state index contributed by atoms with van der Waals surface area (Å²) < 4.78 is 0. The first-order valence-electron chi connectivity index (χ1n) is 6.42. The Morgan fingerprint density at radius 3 is 2.72 bits per heavy atom. The molecule has 1 fully saturated rings. The van der Waals surface area contributed by atoms with Crippen molar-refractivity contribution < 1.29 is 4.79 Å². The molecule has 2 atom stereocenters. The van der Waals surface area contributed by atoms with Gasteiger partial charge in [0.05, 0.1) is 0 Å². The molecule has 1 aliphatic rings. The van der Waals surface area contributed by atoms with Crippen LogP contribution in [0.4, 0.5) is 0 Å². The molecule has 0 radical (unpaired) electrons. The number of carbonyl (C=O) groups excluding carboxylic acids is 1. The standard InChI is InChI=1S/C14H21N3O/c1-10-3-5-12(6-4-10)11(2)17-8-7-16-9-13(17)14(15)18/h3-6,11,13,16H,7-9H2,1-2H3,(H2,15,18). The SMILES string of the molecule is Cc1ccc(C(C)N2CCNCC2C(N)=O)cc1. The third kappa shape index (κ3) is 2.71. The third-order valence-corrected chi connectivity index (χ3v) is 3.67. The fraction of sp³-hybridized carbons (Fsp3) is 0.500. The van der Waals surface area contributed by atoms with Crippen LogP contribution in [0.5, 0.6) is 0 Å². The number of benzene rings is 1. The van der Waals surface area contributed by atoms with Crippen LogP contribution in [0.15, 0.2) is 24.3 Å². The molecule has 18 heavy (non-hydrogen) atoms. The topological polar surface area (TPSA) is 58.4 Å². The van der Waals surface area contributed by atoms with E-state index in [9.17, 15) is 4.79 Å². The molecule has 0 saturated carbocycles. The second-order valence-electron chi connectivity index (χ2n) is 4.95. The van der Waals surface area contributed by atoms with E-state index in [1.165, 1.54) is 11.1 Å². The quantitative estimate of drug-likeness (QED) is 0.831. The second-order valence-corrected chi connectivity index (χ2v) is 4.95. The van der Waals surface area contributed by atoms with Crippen LogP contribution in [-0.4, -0.2) is 36.5 Å². The van der Waals surface area contributed by atoms with Crippen LogP contribution >= 0.6 is 0 Å². The Morgan fingerprint density at radius 2 is 2.11 bits per heavy atom. The summed E-state index contributed by atoms with van der Waals surface area (Å²) in [4.78, 5) is 13.7. The zero-order chi connectivity index (χ0) is 13.1. The maximum atomic E-state index is 11.5. The van der Waals surface area contributed by atoms with Gasteiger partial charge in [-0.2, -0.15) is 0 Å². The third-order valence-electron chi connectivity index (χ3n) is 3.67. The smallest absolute Gasteiger partial charge is 0.236 e. The van der Waals surface area contributed by atoms with E-state index in [2.05, 4.69) is 48.3 Å². The highest BCUT2D eigenvalue weighted by molar-refractivity contribution is 5.80. The molecule has 2 rings (SSSR count). The van der Waals surface area contributed by atoms with Crippen LogP contribution in [-0.2, 0) is 4.79 Å². The number of hydrogen-bond donors (Lipinski definition) is 2. The minimum Gasteiger partial charge on any atom is -0.368 e. The van der Waals surface area contributed by atoms with Crippen LogP contribution in [0.3, 0.4) is 0 Å². The van der Waals surface area contributed by atoms with Crippen molar-refractivity contribution in [2.45, 2.75) is 25.9 Å². The predicted octanol–water partition coefficient (Wildman–Crippen LogP) is 0.815. The average Bonchev–Trinajstić information content (AvgIpc) is 2.39. The number of nitrogens with one attached hydrogen (secondary N) is 1. The number of rotatable bonds is 3. The monoisotopic (exact) mass is 247 g/mol. The van der Waals surface area contributed by atoms with Crippen molar-refractivity contribution in [1.29, 1.82) is 0 Å². The van der Waals surface area contributed by atoms with Gasteiger partial charge in [-0.3, -0.25) is 9.69 Å². The van der Waals surface area contributed by atoms with Crippen molar-refractivity contribution in [2.75, 3.05) is 19.6 Å². The summed E-state index contributed by atoms with van der Waals surface area (Å²) in [5.41, 5.74) is 7.96. The molecular weight excluding hydrogens is 226 g/mol. The first-order chi connectivity index (χ1) is 8.59. The van der Waals surface area contributed by atoms with Crippen LogP contribution in [0, 0.1) is 6.92 Å². The number of piperazine rings is 1. The van der Waals surface area contributed by atoms with Gasteiger partial charge in [0.25, 0.3) is 0 Å². The van der Waals surface area contributed by atoms with Crippen LogP contribution in [0.1, 0.15) is 24.1 Å². The van der Waals surface area contributed by atoms with Gasteiger partial charge < -0.3 is 11.1 Å². The lowest BCUT2D eigenvalue weighted by Gasteiger charge is -2.38. The van der Waals surface area contributed by atoms with E-state index in [-0.39, 0.29) is 18.0 Å². The highest BCUT2D eigenvalue weighted by atomic mass is 16.1. The summed E-state index contributed by atoms with van der Waals surface area (Å²) >= 11 is 0. The zero-order valence-corrected chi connectivity index (χ0v) is 11.0. The summed E-state index contributed by atoms with van der Waals surface area (Å²) in [7, 11) is 0. The minimum absolute atomic E-state index is 0.213. The normalized spacial score (nSPS) is 22.7. The predicted molar refractivity (Wildman–Crippen MR) is 72.2 cm³/mol. The molecule has 0 bridgehead atoms. The van der Waals surface area contributed by atoms with E-state index in [0.29, 0.717) is 6.54 Å². The van der Waals surface area contributed by atoms with E-state index in [4.69, 9.17) is 5.73 Å². The fourth-order valence-corrected chi connectivity index (χ4v) is 2.48. The van der Waals surface area contributed by atoms with Crippen LogP contribution in [0.25, 0.3) is 0 Å². The summed E-state index contributed by atoms with van der Waals surface area (Å²) in [5, 5.41) is 3.22. The minimum atomic E-state index is -0.249. The Morgan fingerprint density at radius 1 is 1.44 bits per heavy atom. The molecular formula is C14H21N3O. The van der Waals surface area contributed by atoms with Crippen LogP contribution < -0.4 is 11.1 Å². The second kappa shape index (κ2) is 5.50. The van der Waals surface area contributed by atoms with Crippen LogP contribution in [0.2, 0.25) is 0 Å². The van der Waals surface area contributed by atoms with Crippen molar-refractivity contribution in [2.24, 2.45) is 5.73 Å². The van der Waals surface area contributed by atoms with Gasteiger partial charge in [-0.15, -0.1) is 0 Å². The maximum Gasteiger partial charge on any atom is 0.236 e. The lowest BCUT2D eigenvalue weighted by Crippen LogP contribution is -2.57. The van der Waals surface area contributed by atoms with Gasteiger partial charge in [0.15, 0.2) is 0 Å². The molecule has 1 heterocycles. The number of carbonyl (C=O) groups is 1. The molecule has 0 aliphatic carbocycles. The van der Waals surface area contributed by atoms with Crippen molar-refractivity contribution >= 4 is 5.91 Å². The first-order valence-corrected chi connectivity index (χ1v) is 6.42. The Labute approximate surface area is 108 Å². The van der Waals surface area contributed by atoms with E-state index < -0.39 is 0 Å². The fourth-order valence-electron chi connectivity index (χ4n) is 2.48. The lowest BCUT2D eigenvalue weighted by atomic mass is 10.0. The molecule has 1 aliphatic heterocycles. The van der Waals surface area contributed by atoms with Gasteiger partial charge >= 0.3 is 0 Å². The van der Waals surface area contributed by atoms with E-state index in [1.54, 1.807) is 0 Å². The number of amides is 1. The largest absolute Gasteiger partial charge is 0.368 e. The maximum absolute atomic E-state index is 11.5. The molecule has 0 spiro atoms. The Kier molecular flexibility index (Phi) is 3.99. The summed E-state index contributed by atoms with van der Waals surface area (Å²) in [6, 6.07) is 8.46. The van der Waals surface area contributed by atoms with E-state index in [1.807, 2.05) is 0 Å². The highest BCUT2D eigenvalue weighted by Crippen LogP contribution is 2.23. The molecule has 1 aromatic rings. The summed E-state index contributed by atoms with van der Waals surface area (Å²) in [6.07, 6.45) is 0. The number of aryl methyl sites for hydroxylation is 1. The van der Waals surface area contributed by atoms with Gasteiger partial charge in [0.1, 0.15) is 6.04 Å². The Bertz CT molecular complexity index is 416. The first kappa shape index (κ1) is 13.1. The Hall–Kier alpha value is -1.39. The number of nitrogens with two attached hydrogens (primary N) is 1. The number of nitrogens with zero attached hydrogens (tertiary/aromatic N) is 1. The van der Waals surface area contributed by atoms with Gasteiger partial charge in [-0.05, 0) is 19.4 Å². The highest BCUT2D eigenvalue weighted by Gasteiger charge is 2.30. The van der Waals surface area contributed by atoms with Gasteiger partial charge in [-0.1, -0.05) is 29.8 Å². The van der Waals surface area contributed by atoms with Gasteiger partial charge in [-0.25, -0.2) is 0 Å². The molecule has 98 valence electrons. The van der Waals surface area contributed by atoms with Crippen molar-refractivity contribution in [3.05, 3.63) is 35.4 Å². The molecule has 1 aromatic carbocycles. The van der Waals surface area contributed by atoms with Crippen molar-refractivity contribution in [3.8, 4) is 0 Å². The Balaban J connectivity index is 2.17. The van der Waals surface area contributed by atoms with Crippen molar-refractivity contribution in [3.63, 3.8) is 0 Å².